The maximum absolute atomic E-state index is 14.2. The summed E-state index contributed by atoms with van der Waals surface area (Å²) >= 11 is 0. The van der Waals surface area contributed by atoms with Gasteiger partial charge in [-0.05, 0) is 37.1 Å². The minimum atomic E-state index is -4.70. The first-order chi connectivity index (χ1) is 12.2. The summed E-state index contributed by atoms with van der Waals surface area (Å²) in [6.07, 6.45) is -6.30. The summed E-state index contributed by atoms with van der Waals surface area (Å²) in [4.78, 5) is 11.1. The van der Waals surface area contributed by atoms with E-state index in [2.05, 4.69) is 10.5 Å². The topological polar surface area (TPSA) is 50.7 Å². The molecule has 2 aromatic carbocycles. The largest absolute Gasteiger partial charge is 0.439 e. The summed E-state index contributed by atoms with van der Waals surface area (Å²) in [6.45, 7) is 3.15. The lowest BCUT2D eigenvalue weighted by atomic mass is 9.93. The van der Waals surface area contributed by atoms with E-state index < -0.39 is 29.8 Å². The average Bonchev–Trinajstić information content (AvgIpc) is 2.54. The van der Waals surface area contributed by atoms with Crippen molar-refractivity contribution in [2.75, 3.05) is 0 Å². The number of hydrogen-bond donors (Lipinski definition) is 1. The molecule has 26 heavy (non-hydrogen) atoms. The SMILES string of the molecule is Cc1ccc(-c2ccc(C3=NNC(=O)O[C@H]3C)cc2C(F)(F)F)c(F)c1. The van der Waals surface area contributed by atoms with Crippen LogP contribution in [0.2, 0.25) is 0 Å². The van der Waals surface area contributed by atoms with Crippen LogP contribution in [0.15, 0.2) is 41.5 Å². The molecule has 1 heterocycles. The number of amides is 1. The van der Waals surface area contributed by atoms with Crippen LogP contribution in [-0.2, 0) is 10.9 Å². The standard InChI is InChI=1S/C18H14F4N2O2/c1-9-3-5-13(15(19)7-9)12-6-4-11(8-14(12)18(20,21)22)16-10(2)26-17(25)24-23-16/h3-8,10H,1-2H3,(H,24,25)/t10-/m0/s1. The summed E-state index contributed by atoms with van der Waals surface area (Å²) in [6, 6.07) is 7.50. The highest BCUT2D eigenvalue weighted by Gasteiger charge is 2.35. The van der Waals surface area contributed by atoms with Crippen molar-refractivity contribution in [2.24, 2.45) is 5.10 Å². The van der Waals surface area contributed by atoms with Gasteiger partial charge in [0.25, 0.3) is 0 Å². The first-order valence-electron chi connectivity index (χ1n) is 7.69. The molecule has 4 nitrogen and oxygen atoms in total. The van der Waals surface area contributed by atoms with Crippen LogP contribution < -0.4 is 5.43 Å². The molecular formula is C18H14F4N2O2. The molecule has 0 aromatic heterocycles. The van der Waals surface area contributed by atoms with Gasteiger partial charge in [-0.1, -0.05) is 24.3 Å². The Kier molecular flexibility index (Phi) is 4.43. The molecule has 1 aliphatic heterocycles. The molecule has 3 rings (SSSR count). The van der Waals surface area contributed by atoms with Crippen molar-refractivity contribution in [1.82, 2.24) is 5.43 Å². The average molecular weight is 366 g/mol. The van der Waals surface area contributed by atoms with Crippen LogP contribution in [0.25, 0.3) is 11.1 Å². The van der Waals surface area contributed by atoms with Gasteiger partial charge in [0.15, 0.2) is 0 Å². The first-order valence-corrected chi connectivity index (χ1v) is 7.69. The molecule has 0 saturated heterocycles. The summed E-state index contributed by atoms with van der Waals surface area (Å²) in [5.41, 5.74) is 1.54. The van der Waals surface area contributed by atoms with Crippen molar-refractivity contribution in [1.29, 1.82) is 0 Å². The van der Waals surface area contributed by atoms with Gasteiger partial charge in [-0.3, -0.25) is 0 Å². The van der Waals surface area contributed by atoms with Crippen LogP contribution in [0.3, 0.4) is 0 Å². The molecule has 0 saturated carbocycles. The molecule has 0 bridgehead atoms. The van der Waals surface area contributed by atoms with E-state index in [1.165, 1.54) is 31.2 Å². The van der Waals surface area contributed by atoms with Gasteiger partial charge in [0.2, 0.25) is 0 Å². The number of aryl methyl sites for hydroxylation is 1. The van der Waals surface area contributed by atoms with Crippen LogP contribution >= 0.6 is 0 Å². The van der Waals surface area contributed by atoms with E-state index in [-0.39, 0.29) is 22.4 Å². The number of nitrogens with zero attached hydrogens (tertiary/aromatic N) is 1. The number of ether oxygens (including phenoxy) is 1. The van der Waals surface area contributed by atoms with E-state index in [4.69, 9.17) is 4.74 Å². The predicted molar refractivity (Wildman–Crippen MR) is 87.2 cm³/mol. The van der Waals surface area contributed by atoms with Gasteiger partial charge in [0, 0.05) is 11.1 Å². The van der Waals surface area contributed by atoms with E-state index in [0.717, 1.165) is 6.07 Å². The van der Waals surface area contributed by atoms with Gasteiger partial charge in [0.1, 0.15) is 17.6 Å². The number of halogens is 4. The minimum Gasteiger partial charge on any atom is -0.439 e. The fourth-order valence-corrected chi connectivity index (χ4v) is 2.75. The molecule has 0 radical (unpaired) electrons. The lowest BCUT2D eigenvalue weighted by Crippen LogP contribution is -2.37. The number of rotatable bonds is 2. The second-order valence-electron chi connectivity index (χ2n) is 5.90. The van der Waals surface area contributed by atoms with Crippen molar-refractivity contribution in [3.8, 4) is 11.1 Å². The normalized spacial score (nSPS) is 17.4. The number of carbonyl (C=O) groups excluding carboxylic acids is 1. The summed E-state index contributed by atoms with van der Waals surface area (Å²) in [7, 11) is 0. The Hall–Kier alpha value is -2.90. The van der Waals surface area contributed by atoms with Gasteiger partial charge >= 0.3 is 12.3 Å². The van der Waals surface area contributed by atoms with Crippen molar-refractivity contribution in [3.63, 3.8) is 0 Å². The lowest BCUT2D eigenvalue weighted by Gasteiger charge is -2.22. The molecule has 1 aliphatic rings. The second-order valence-corrected chi connectivity index (χ2v) is 5.90. The van der Waals surface area contributed by atoms with Gasteiger partial charge in [-0.2, -0.15) is 18.3 Å². The van der Waals surface area contributed by atoms with E-state index >= 15 is 0 Å². The summed E-state index contributed by atoms with van der Waals surface area (Å²) in [5, 5.41) is 3.77. The van der Waals surface area contributed by atoms with Crippen LogP contribution in [0.1, 0.15) is 23.6 Å². The van der Waals surface area contributed by atoms with E-state index in [9.17, 15) is 22.4 Å². The fourth-order valence-electron chi connectivity index (χ4n) is 2.75. The highest BCUT2D eigenvalue weighted by Crippen LogP contribution is 2.39. The summed E-state index contributed by atoms with van der Waals surface area (Å²) < 4.78 is 59.9. The Labute approximate surface area is 146 Å². The van der Waals surface area contributed by atoms with Crippen molar-refractivity contribution >= 4 is 11.8 Å². The lowest BCUT2D eigenvalue weighted by molar-refractivity contribution is -0.137. The van der Waals surface area contributed by atoms with Crippen LogP contribution in [-0.4, -0.2) is 17.9 Å². The molecule has 1 atom stereocenters. The second kappa shape index (κ2) is 6.44. The molecule has 0 aliphatic carbocycles. The highest BCUT2D eigenvalue weighted by atomic mass is 19.4. The van der Waals surface area contributed by atoms with Gasteiger partial charge < -0.3 is 4.74 Å². The summed E-state index contributed by atoms with van der Waals surface area (Å²) in [5.74, 6) is -0.734. The molecule has 0 unspecified atom stereocenters. The third-order valence-corrected chi connectivity index (χ3v) is 3.97. The molecule has 0 fully saturated rings. The number of hydrazone groups is 1. The maximum atomic E-state index is 14.2. The zero-order valence-electron chi connectivity index (χ0n) is 13.8. The number of benzene rings is 2. The Morgan fingerprint density at radius 2 is 1.81 bits per heavy atom. The van der Waals surface area contributed by atoms with Crippen LogP contribution in [0.5, 0.6) is 0 Å². The first kappa shape index (κ1) is 17.9. The quantitative estimate of drug-likeness (QED) is 0.787. The van der Waals surface area contributed by atoms with Crippen molar-refractivity contribution in [3.05, 3.63) is 58.9 Å². The number of nitrogens with one attached hydrogen (secondary N) is 1. The third kappa shape index (κ3) is 3.40. The Balaban J connectivity index is 2.15. The molecule has 8 heteroatoms. The number of cyclic esters (lactones) is 1. The molecule has 136 valence electrons. The van der Waals surface area contributed by atoms with E-state index in [0.29, 0.717) is 5.56 Å². The molecule has 2 aromatic rings. The van der Waals surface area contributed by atoms with Gasteiger partial charge in [0.05, 0.1) is 5.56 Å². The minimum absolute atomic E-state index is 0.126. The third-order valence-electron chi connectivity index (χ3n) is 3.97. The zero-order chi connectivity index (χ0) is 19.1. The number of alkyl halides is 3. The van der Waals surface area contributed by atoms with E-state index in [1.54, 1.807) is 13.0 Å². The Bertz CT molecular complexity index is 907. The maximum Gasteiger partial charge on any atom is 0.428 e. The zero-order valence-corrected chi connectivity index (χ0v) is 13.8. The van der Waals surface area contributed by atoms with Crippen LogP contribution in [0.4, 0.5) is 22.4 Å². The fraction of sp³-hybridized carbons (Fsp3) is 0.222. The predicted octanol–water partition coefficient (Wildman–Crippen LogP) is 4.65. The van der Waals surface area contributed by atoms with Crippen molar-refractivity contribution < 1.29 is 27.1 Å². The Morgan fingerprint density at radius 1 is 1.12 bits per heavy atom. The molecule has 1 amide bonds. The smallest absolute Gasteiger partial charge is 0.428 e. The Morgan fingerprint density at radius 3 is 2.42 bits per heavy atom. The van der Waals surface area contributed by atoms with Gasteiger partial charge in [-0.15, -0.1) is 0 Å². The molecule has 1 N–H and O–H groups in total. The number of carbonyl (C=O) groups is 1. The molecule has 0 spiro atoms. The number of hydrogen-bond acceptors (Lipinski definition) is 3. The molecular weight excluding hydrogens is 352 g/mol. The van der Waals surface area contributed by atoms with Gasteiger partial charge in [-0.25, -0.2) is 14.6 Å². The van der Waals surface area contributed by atoms with E-state index in [1.807, 2.05) is 0 Å². The highest BCUT2D eigenvalue weighted by molar-refractivity contribution is 6.06. The monoisotopic (exact) mass is 366 g/mol. The van der Waals surface area contributed by atoms with Crippen LogP contribution in [0, 0.1) is 12.7 Å². The van der Waals surface area contributed by atoms with Crippen molar-refractivity contribution in [2.45, 2.75) is 26.1 Å².